The molecule has 2 heterocycles. The number of nitrogens with one attached hydrogen (secondary N) is 3. The first-order valence-electron chi connectivity index (χ1n) is 13.5. The first-order valence-corrected chi connectivity index (χ1v) is 13.5. The summed E-state index contributed by atoms with van der Waals surface area (Å²) in [5.74, 6) is -0.923. The van der Waals surface area contributed by atoms with Crippen molar-refractivity contribution in [3.05, 3.63) is 29.8 Å². The van der Waals surface area contributed by atoms with Crippen LogP contribution in [0.5, 0.6) is 0 Å². The summed E-state index contributed by atoms with van der Waals surface area (Å²) in [6.07, 6.45) is 0.201. The molecule has 214 valence electrons. The van der Waals surface area contributed by atoms with Crippen molar-refractivity contribution >= 4 is 36.0 Å². The topological polar surface area (TPSA) is 143 Å². The lowest BCUT2D eigenvalue weighted by molar-refractivity contribution is -0.127. The highest BCUT2D eigenvalue weighted by atomic mass is 16.6. The Kier molecular flexibility index (Phi) is 9.93. The van der Waals surface area contributed by atoms with Gasteiger partial charge in [-0.2, -0.15) is 0 Å². The minimum absolute atomic E-state index is 0.0640. The van der Waals surface area contributed by atoms with Gasteiger partial charge in [0, 0.05) is 31.0 Å². The normalized spacial score (nSPS) is 20.4. The van der Waals surface area contributed by atoms with Gasteiger partial charge in [-0.3, -0.25) is 14.5 Å². The van der Waals surface area contributed by atoms with Crippen molar-refractivity contribution in [1.29, 1.82) is 0 Å². The van der Waals surface area contributed by atoms with E-state index >= 15 is 0 Å². The van der Waals surface area contributed by atoms with Gasteiger partial charge in [-0.15, -0.1) is 0 Å². The maximum atomic E-state index is 13.1. The second kappa shape index (κ2) is 12.9. The number of rotatable bonds is 9. The molecule has 0 bridgehead atoms. The van der Waals surface area contributed by atoms with Gasteiger partial charge in [0.15, 0.2) is 0 Å². The van der Waals surface area contributed by atoms with Crippen molar-refractivity contribution < 1.29 is 33.4 Å². The first kappa shape index (κ1) is 29.9. The molecule has 4 amide bonds. The molecule has 3 rings (SSSR count). The molecule has 1 aromatic rings. The molecule has 39 heavy (non-hydrogen) atoms. The third kappa shape index (κ3) is 8.43. The monoisotopic (exact) mass is 544 g/mol. The van der Waals surface area contributed by atoms with E-state index in [1.165, 1.54) is 4.90 Å². The average Bonchev–Trinajstić information content (AvgIpc) is 3.25. The highest BCUT2D eigenvalue weighted by molar-refractivity contribution is 5.90. The van der Waals surface area contributed by atoms with E-state index in [4.69, 9.17) is 9.47 Å². The Morgan fingerprint density at radius 1 is 1.15 bits per heavy atom. The van der Waals surface area contributed by atoms with Gasteiger partial charge in [-0.1, -0.05) is 32.0 Å². The SMILES string of the molecule is CC(C)C[C@H](NC(=O)OC1CCN(C(=O)OC(C)(C)C)c2ccccc21)C(=O)N[C@H](C=O)C[C@@H]1CCNC1=O. The van der Waals surface area contributed by atoms with Crippen LogP contribution in [0.25, 0.3) is 0 Å². The first-order chi connectivity index (χ1) is 18.4. The van der Waals surface area contributed by atoms with Gasteiger partial charge in [-0.05, 0) is 52.0 Å². The van der Waals surface area contributed by atoms with Crippen LogP contribution in [0.4, 0.5) is 15.3 Å². The summed E-state index contributed by atoms with van der Waals surface area (Å²) in [6.45, 7) is 10.0. The van der Waals surface area contributed by atoms with Gasteiger partial charge in [0.25, 0.3) is 0 Å². The van der Waals surface area contributed by atoms with Crippen LogP contribution in [0.15, 0.2) is 24.3 Å². The highest BCUT2D eigenvalue weighted by Gasteiger charge is 2.34. The Labute approximate surface area is 229 Å². The number of nitrogens with zero attached hydrogens (tertiary/aromatic N) is 1. The fraction of sp³-hybridized carbons (Fsp3) is 0.607. The molecule has 1 saturated heterocycles. The maximum Gasteiger partial charge on any atom is 0.414 e. The molecule has 0 spiro atoms. The Morgan fingerprint density at radius 3 is 2.49 bits per heavy atom. The van der Waals surface area contributed by atoms with Gasteiger partial charge in [0.1, 0.15) is 24.0 Å². The lowest BCUT2D eigenvalue weighted by Gasteiger charge is -2.35. The molecule has 0 aromatic heterocycles. The molecule has 11 nitrogen and oxygen atoms in total. The van der Waals surface area contributed by atoms with Crippen LogP contribution < -0.4 is 20.9 Å². The number of para-hydroxylation sites is 1. The largest absolute Gasteiger partial charge is 0.443 e. The van der Waals surface area contributed by atoms with E-state index in [0.717, 1.165) is 0 Å². The zero-order chi connectivity index (χ0) is 28.7. The van der Waals surface area contributed by atoms with E-state index in [9.17, 15) is 24.0 Å². The number of amides is 4. The minimum Gasteiger partial charge on any atom is -0.443 e. The van der Waals surface area contributed by atoms with Gasteiger partial charge in [0.2, 0.25) is 11.8 Å². The van der Waals surface area contributed by atoms with Crippen LogP contribution >= 0.6 is 0 Å². The smallest absolute Gasteiger partial charge is 0.414 e. The molecule has 4 atom stereocenters. The molecule has 1 fully saturated rings. The predicted molar refractivity (Wildman–Crippen MR) is 144 cm³/mol. The Hall–Kier alpha value is -3.63. The third-order valence-corrected chi connectivity index (χ3v) is 6.56. The Balaban J connectivity index is 1.66. The van der Waals surface area contributed by atoms with Crippen molar-refractivity contribution in [2.45, 2.75) is 84.1 Å². The molecule has 2 aliphatic rings. The molecule has 3 N–H and O–H groups in total. The fourth-order valence-electron chi connectivity index (χ4n) is 4.77. The van der Waals surface area contributed by atoms with Crippen molar-refractivity contribution in [2.24, 2.45) is 11.8 Å². The average molecular weight is 545 g/mol. The number of carbonyl (C=O) groups is 5. The molecule has 0 radical (unpaired) electrons. The zero-order valence-electron chi connectivity index (χ0n) is 23.3. The van der Waals surface area contributed by atoms with Crippen LogP contribution in [0.2, 0.25) is 0 Å². The quantitative estimate of drug-likeness (QED) is 0.405. The standard InChI is InChI=1S/C28H40N4O7/c1-17(2)14-21(25(35)30-19(16-33)15-18-10-12-29-24(18)34)31-26(36)38-23-11-13-32(27(37)39-28(3,4)5)22-9-7-6-8-20(22)23/h6-9,16-19,21,23H,10-15H2,1-5H3,(H,29,34)(H,30,35)(H,31,36)/t18-,19-,21-,23?/m0/s1. The van der Waals surface area contributed by atoms with E-state index < -0.39 is 41.9 Å². The van der Waals surface area contributed by atoms with E-state index in [1.807, 2.05) is 13.8 Å². The molecule has 2 aliphatic heterocycles. The van der Waals surface area contributed by atoms with Crippen LogP contribution in [0.3, 0.4) is 0 Å². The molecule has 1 aromatic carbocycles. The zero-order valence-corrected chi connectivity index (χ0v) is 23.3. The summed E-state index contributed by atoms with van der Waals surface area (Å²) < 4.78 is 11.3. The van der Waals surface area contributed by atoms with E-state index in [1.54, 1.807) is 45.0 Å². The molecule has 11 heteroatoms. The number of hydrogen-bond donors (Lipinski definition) is 3. The molecule has 1 unspecified atom stereocenters. The van der Waals surface area contributed by atoms with Crippen molar-refractivity contribution in [3.63, 3.8) is 0 Å². The Bertz CT molecular complexity index is 1070. The number of aldehydes is 1. The lowest BCUT2D eigenvalue weighted by atomic mass is 9.98. The second-order valence-electron chi connectivity index (χ2n) is 11.5. The van der Waals surface area contributed by atoms with Crippen molar-refractivity contribution in [2.75, 3.05) is 18.0 Å². The summed E-state index contributed by atoms with van der Waals surface area (Å²) in [7, 11) is 0. The molecular formula is C28H40N4O7. The molecule has 0 saturated carbocycles. The number of carbonyl (C=O) groups excluding carboxylic acids is 5. The number of benzene rings is 1. The fourth-order valence-corrected chi connectivity index (χ4v) is 4.77. The van der Waals surface area contributed by atoms with Crippen LogP contribution in [0, 0.1) is 11.8 Å². The predicted octanol–water partition coefficient (Wildman–Crippen LogP) is 3.22. The van der Waals surface area contributed by atoms with E-state index in [2.05, 4.69) is 16.0 Å². The molecular weight excluding hydrogens is 504 g/mol. The van der Waals surface area contributed by atoms with Gasteiger partial charge < -0.3 is 30.2 Å². The summed E-state index contributed by atoms with van der Waals surface area (Å²) in [5.41, 5.74) is 0.597. The Morgan fingerprint density at radius 2 is 1.87 bits per heavy atom. The summed E-state index contributed by atoms with van der Waals surface area (Å²) in [5, 5.41) is 8.04. The number of anilines is 1. The van der Waals surface area contributed by atoms with Gasteiger partial charge >= 0.3 is 12.2 Å². The third-order valence-electron chi connectivity index (χ3n) is 6.56. The van der Waals surface area contributed by atoms with Crippen LogP contribution in [-0.4, -0.2) is 61.1 Å². The number of fused-ring (bicyclic) bond motifs is 1. The minimum atomic E-state index is -0.936. The lowest BCUT2D eigenvalue weighted by Crippen LogP contribution is -2.51. The second-order valence-corrected chi connectivity index (χ2v) is 11.5. The summed E-state index contributed by atoms with van der Waals surface area (Å²) >= 11 is 0. The van der Waals surface area contributed by atoms with E-state index in [-0.39, 0.29) is 30.7 Å². The number of alkyl carbamates (subject to hydrolysis) is 1. The number of ether oxygens (including phenoxy) is 2. The molecule has 0 aliphatic carbocycles. The van der Waals surface area contributed by atoms with Crippen LogP contribution in [0.1, 0.15) is 72.0 Å². The maximum absolute atomic E-state index is 13.1. The van der Waals surface area contributed by atoms with Gasteiger partial charge in [0.05, 0.1) is 11.7 Å². The van der Waals surface area contributed by atoms with E-state index in [0.29, 0.717) is 43.3 Å². The summed E-state index contributed by atoms with van der Waals surface area (Å²) in [4.78, 5) is 63.8. The van der Waals surface area contributed by atoms with Crippen molar-refractivity contribution in [1.82, 2.24) is 16.0 Å². The number of hydrogen-bond acceptors (Lipinski definition) is 7. The highest BCUT2D eigenvalue weighted by Crippen LogP contribution is 2.36. The summed E-state index contributed by atoms with van der Waals surface area (Å²) in [6, 6.07) is 5.37. The van der Waals surface area contributed by atoms with Gasteiger partial charge in [-0.25, -0.2) is 9.59 Å². The van der Waals surface area contributed by atoms with Crippen LogP contribution in [-0.2, 0) is 23.9 Å². The van der Waals surface area contributed by atoms with Crippen molar-refractivity contribution in [3.8, 4) is 0 Å².